The third-order valence-corrected chi connectivity index (χ3v) is 4.92. The Morgan fingerprint density at radius 1 is 1.26 bits per heavy atom. The molecule has 0 saturated carbocycles. The lowest BCUT2D eigenvalue weighted by atomic mass is 9.91. The first kappa shape index (κ1) is 12.9. The Kier molecular flexibility index (Phi) is 3.97. The Hall–Kier alpha value is -1.16. The van der Waals surface area contributed by atoms with E-state index in [1.54, 1.807) is 16.9 Å². The number of rotatable bonds is 4. The summed E-state index contributed by atoms with van der Waals surface area (Å²) in [4.78, 5) is 0. The lowest BCUT2D eigenvalue weighted by Crippen LogP contribution is -2.28. The molecular formula is C16H20N2S. The van der Waals surface area contributed by atoms with Gasteiger partial charge >= 0.3 is 0 Å². The van der Waals surface area contributed by atoms with Crippen LogP contribution in [0.5, 0.6) is 0 Å². The molecule has 2 nitrogen and oxygen atoms in total. The van der Waals surface area contributed by atoms with E-state index in [0.29, 0.717) is 0 Å². The predicted molar refractivity (Wildman–Crippen MR) is 83.1 cm³/mol. The summed E-state index contributed by atoms with van der Waals surface area (Å²) in [5, 5.41) is 3.47. The zero-order chi connectivity index (χ0) is 13.1. The highest BCUT2D eigenvalue weighted by molar-refractivity contribution is 7.17. The van der Waals surface area contributed by atoms with Crippen molar-refractivity contribution in [3.05, 3.63) is 46.9 Å². The smallest absolute Gasteiger partial charge is 0.0511 e. The molecule has 0 saturated heterocycles. The second-order valence-corrected chi connectivity index (χ2v) is 6.13. The number of nitrogens with one attached hydrogen (secondary N) is 1. The topological polar surface area (TPSA) is 38.0 Å². The summed E-state index contributed by atoms with van der Waals surface area (Å²) in [7, 11) is 0. The van der Waals surface area contributed by atoms with Gasteiger partial charge < -0.3 is 0 Å². The van der Waals surface area contributed by atoms with E-state index >= 15 is 0 Å². The van der Waals surface area contributed by atoms with Crippen molar-refractivity contribution >= 4 is 21.4 Å². The summed E-state index contributed by atoms with van der Waals surface area (Å²) in [6.07, 6.45) is 8.57. The normalized spacial score (nSPS) is 17.4. The van der Waals surface area contributed by atoms with E-state index in [1.165, 1.54) is 41.3 Å². The fourth-order valence-corrected chi connectivity index (χ4v) is 3.87. The number of fused-ring (bicyclic) bond motifs is 1. The van der Waals surface area contributed by atoms with Crippen LogP contribution in [-0.4, -0.2) is 0 Å². The summed E-state index contributed by atoms with van der Waals surface area (Å²) >= 11 is 1.80. The molecule has 0 amide bonds. The molecule has 3 N–H and O–H groups in total. The number of allylic oxidation sites excluding steroid dienone is 1. The Bertz CT molecular complexity index is 585. The highest BCUT2D eigenvalue weighted by Gasteiger charge is 2.16. The fourth-order valence-electron chi connectivity index (χ4n) is 2.90. The molecule has 0 bridgehead atoms. The molecule has 100 valence electrons. The Balaban J connectivity index is 1.89. The van der Waals surface area contributed by atoms with E-state index in [9.17, 15) is 0 Å². The molecule has 0 fully saturated rings. The molecule has 0 aliphatic heterocycles. The van der Waals surface area contributed by atoms with E-state index in [4.69, 9.17) is 5.84 Å². The van der Waals surface area contributed by atoms with Gasteiger partial charge in [-0.15, -0.1) is 11.3 Å². The van der Waals surface area contributed by atoms with Crippen molar-refractivity contribution in [3.63, 3.8) is 0 Å². The van der Waals surface area contributed by atoms with Crippen LogP contribution in [-0.2, 0) is 0 Å². The van der Waals surface area contributed by atoms with Crippen molar-refractivity contribution in [2.45, 2.75) is 38.1 Å². The quantitative estimate of drug-likeness (QED) is 0.495. The molecule has 1 unspecified atom stereocenters. The van der Waals surface area contributed by atoms with Gasteiger partial charge in [0.25, 0.3) is 0 Å². The van der Waals surface area contributed by atoms with Crippen molar-refractivity contribution in [1.82, 2.24) is 5.43 Å². The molecule has 2 aromatic rings. The van der Waals surface area contributed by atoms with Gasteiger partial charge in [0.05, 0.1) is 6.04 Å². The summed E-state index contributed by atoms with van der Waals surface area (Å²) in [5.74, 6) is 5.81. The average Bonchev–Trinajstić information content (AvgIpc) is 2.94. The summed E-state index contributed by atoms with van der Waals surface area (Å²) < 4.78 is 1.36. The summed E-state index contributed by atoms with van der Waals surface area (Å²) in [6, 6.07) is 8.91. The number of benzene rings is 1. The summed E-state index contributed by atoms with van der Waals surface area (Å²) in [6.45, 7) is 0. The van der Waals surface area contributed by atoms with Crippen LogP contribution >= 0.6 is 11.3 Å². The van der Waals surface area contributed by atoms with Gasteiger partial charge in [0.15, 0.2) is 0 Å². The van der Waals surface area contributed by atoms with Gasteiger partial charge in [-0.25, -0.2) is 0 Å². The van der Waals surface area contributed by atoms with Crippen LogP contribution in [0.4, 0.5) is 0 Å². The lowest BCUT2D eigenvalue weighted by Gasteiger charge is -2.21. The van der Waals surface area contributed by atoms with E-state index in [0.717, 1.165) is 6.42 Å². The molecule has 3 heteroatoms. The maximum atomic E-state index is 5.81. The maximum absolute atomic E-state index is 5.81. The number of hydrogen-bond donors (Lipinski definition) is 2. The van der Waals surface area contributed by atoms with E-state index < -0.39 is 0 Å². The summed E-state index contributed by atoms with van der Waals surface area (Å²) in [5.41, 5.74) is 5.91. The molecule has 1 aliphatic carbocycles. The van der Waals surface area contributed by atoms with Crippen LogP contribution < -0.4 is 11.3 Å². The van der Waals surface area contributed by atoms with E-state index in [-0.39, 0.29) is 6.04 Å². The van der Waals surface area contributed by atoms with Crippen molar-refractivity contribution in [1.29, 1.82) is 0 Å². The van der Waals surface area contributed by atoms with Crippen molar-refractivity contribution in [3.8, 4) is 0 Å². The molecule has 0 radical (unpaired) electrons. The Morgan fingerprint density at radius 2 is 2.21 bits per heavy atom. The van der Waals surface area contributed by atoms with Gasteiger partial charge in [0, 0.05) is 4.70 Å². The third-order valence-electron chi connectivity index (χ3n) is 3.94. The number of hydrogen-bond acceptors (Lipinski definition) is 3. The van der Waals surface area contributed by atoms with Crippen molar-refractivity contribution in [2.24, 2.45) is 5.84 Å². The van der Waals surface area contributed by atoms with E-state index in [1.807, 2.05) is 0 Å². The van der Waals surface area contributed by atoms with Gasteiger partial charge in [-0.3, -0.25) is 11.3 Å². The average molecular weight is 272 g/mol. The molecule has 0 spiro atoms. The first-order valence-corrected chi connectivity index (χ1v) is 7.86. The number of hydrazine groups is 1. The molecular weight excluding hydrogens is 252 g/mol. The number of thiophene rings is 1. The van der Waals surface area contributed by atoms with Crippen LogP contribution in [0.25, 0.3) is 10.1 Å². The maximum Gasteiger partial charge on any atom is 0.0511 e. The van der Waals surface area contributed by atoms with Gasteiger partial charge in [0.2, 0.25) is 0 Å². The second kappa shape index (κ2) is 5.87. The Morgan fingerprint density at radius 3 is 3.00 bits per heavy atom. The first-order chi connectivity index (χ1) is 9.38. The third kappa shape index (κ3) is 2.73. The zero-order valence-electron chi connectivity index (χ0n) is 11.1. The monoisotopic (exact) mass is 272 g/mol. The van der Waals surface area contributed by atoms with E-state index in [2.05, 4.69) is 41.1 Å². The molecule has 1 aromatic heterocycles. The molecule has 1 heterocycles. The minimum Gasteiger partial charge on any atom is -0.271 e. The molecule has 19 heavy (non-hydrogen) atoms. The molecule has 1 aliphatic rings. The standard InChI is InChI=1S/C16H20N2S/c17-18-15(11-12-5-2-1-3-6-12)14-8-4-7-13-9-10-19-16(13)14/h4-5,7-10,15,18H,1-3,6,11,17H2. The van der Waals surface area contributed by atoms with Gasteiger partial charge in [-0.05, 0) is 54.5 Å². The molecule has 3 rings (SSSR count). The molecule has 1 atom stereocenters. The lowest BCUT2D eigenvalue weighted by molar-refractivity contribution is 0.532. The van der Waals surface area contributed by atoms with Gasteiger partial charge in [0.1, 0.15) is 0 Å². The predicted octanol–water partition coefficient (Wildman–Crippen LogP) is 4.30. The van der Waals surface area contributed by atoms with Gasteiger partial charge in [-0.2, -0.15) is 0 Å². The minimum absolute atomic E-state index is 0.228. The molecule has 1 aromatic carbocycles. The fraction of sp³-hybridized carbons (Fsp3) is 0.375. The number of nitrogens with two attached hydrogens (primary N) is 1. The van der Waals surface area contributed by atoms with Gasteiger partial charge in [-0.1, -0.05) is 29.8 Å². The largest absolute Gasteiger partial charge is 0.271 e. The van der Waals surface area contributed by atoms with Crippen LogP contribution in [0.1, 0.15) is 43.7 Å². The highest BCUT2D eigenvalue weighted by atomic mass is 32.1. The van der Waals surface area contributed by atoms with Crippen LogP contribution in [0.15, 0.2) is 41.3 Å². The minimum atomic E-state index is 0.228. The second-order valence-electron chi connectivity index (χ2n) is 5.22. The Labute approximate surface area is 118 Å². The van der Waals surface area contributed by atoms with Crippen LogP contribution in [0.2, 0.25) is 0 Å². The SMILES string of the molecule is NNC(CC1=CCCCC1)c1cccc2ccsc12. The highest BCUT2D eigenvalue weighted by Crippen LogP contribution is 2.33. The van der Waals surface area contributed by atoms with Crippen molar-refractivity contribution in [2.75, 3.05) is 0 Å². The first-order valence-electron chi connectivity index (χ1n) is 6.98. The van der Waals surface area contributed by atoms with Crippen LogP contribution in [0.3, 0.4) is 0 Å². The van der Waals surface area contributed by atoms with Crippen LogP contribution in [0, 0.1) is 0 Å². The van der Waals surface area contributed by atoms with Crippen molar-refractivity contribution < 1.29 is 0 Å². The zero-order valence-corrected chi connectivity index (χ0v) is 11.9.